The van der Waals surface area contributed by atoms with E-state index >= 15 is 0 Å². The number of carboxylic acid groups (broad SMARTS) is 1. The van der Waals surface area contributed by atoms with Crippen molar-refractivity contribution < 1.29 is 45.0 Å². The van der Waals surface area contributed by atoms with Gasteiger partial charge in [0.2, 0.25) is 0 Å². The van der Waals surface area contributed by atoms with Gasteiger partial charge >= 0.3 is 12.1 Å². The number of rotatable bonds is 6. The van der Waals surface area contributed by atoms with E-state index in [4.69, 9.17) is 4.74 Å². The number of fused-ring (bicyclic) bond motifs is 1. The van der Waals surface area contributed by atoms with Gasteiger partial charge in [0.1, 0.15) is 23.5 Å². The van der Waals surface area contributed by atoms with E-state index in [1.165, 1.54) is 32.0 Å². The van der Waals surface area contributed by atoms with E-state index in [0.717, 1.165) is 34.6 Å². The molecule has 0 bridgehead atoms. The first kappa shape index (κ1) is 27.4. The third kappa shape index (κ3) is 5.45. The van der Waals surface area contributed by atoms with Crippen molar-refractivity contribution >= 4 is 21.7 Å². The van der Waals surface area contributed by atoms with Crippen LogP contribution < -0.4 is 9.04 Å². The SMILES string of the molecule is CC(C)(C[C@H]1CN(S(=O)(=O)c2cccc(C(F)(F)F)c2)c2cc(-c3cc(F)cc(F)c3)ccc2O1)C(=O)O. The Labute approximate surface area is 215 Å². The standard InChI is InChI=1S/C26H22F5NO5S/c1-25(2,24(33)34)13-20-14-32(38(35,36)21-5-3-4-17(11-21)26(29,30)31)22-10-15(6-7-23(22)37-20)16-8-18(27)12-19(28)9-16/h3-12,20H,13-14H2,1-2H3,(H,33,34)/t20-/m0/s1. The fourth-order valence-corrected chi connectivity index (χ4v) is 5.71. The van der Waals surface area contributed by atoms with Crippen molar-refractivity contribution in [3.63, 3.8) is 0 Å². The average molecular weight is 556 g/mol. The molecule has 38 heavy (non-hydrogen) atoms. The molecule has 4 rings (SSSR count). The van der Waals surface area contributed by atoms with Crippen molar-refractivity contribution in [2.45, 2.75) is 37.4 Å². The number of hydrogen-bond acceptors (Lipinski definition) is 4. The molecular formula is C26H22F5NO5S. The van der Waals surface area contributed by atoms with E-state index in [2.05, 4.69) is 0 Å². The summed E-state index contributed by atoms with van der Waals surface area (Å²) in [7, 11) is -4.62. The second-order valence-electron chi connectivity index (χ2n) is 9.54. The van der Waals surface area contributed by atoms with Gasteiger partial charge < -0.3 is 9.84 Å². The van der Waals surface area contributed by atoms with E-state index in [0.29, 0.717) is 12.1 Å². The minimum Gasteiger partial charge on any atom is -0.486 e. The van der Waals surface area contributed by atoms with E-state index < -0.39 is 62.3 Å². The van der Waals surface area contributed by atoms with E-state index in [9.17, 15) is 40.3 Å². The van der Waals surface area contributed by atoms with E-state index in [-0.39, 0.29) is 29.0 Å². The van der Waals surface area contributed by atoms with Crippen LogP contribution in [-0.4, -0.2) is 32.1 Å². The second-order valence-corrected chi connectivity index (χ2v) is 11.4. The van der Waals surface area contributed by atoms with Crippen molar-refractivity contribution in [1.29, 1.82) is 0 Å². The minimum atomic E-state index is -4.79. The smallest absolute Gasteiger partial charge is 0.416 e. The summed E-state index contributed by atoms with van der Waals surface area (Å²) in [5.41, 5.74) is -2.24. The molecule has 202 valence electrons. The molecule has 1 atom stereocenters. The van der Waals surface area contributed by atoms with Crippen LogP contribution in [0.3, 0.4) is 0 Å². The van der Waals surface area contributed by atoms with E-state index in [1.54, 1.807) is 0 Å². The Morgan fingerprint density at radius 3 is 2.26 bits per heavy atom. The molecule has 1 aliphatic heterocycles. The molecule has 3 aromatic rings. The first-order chi connectivity index (χ1) is 17.6. The Bertz CT molecular complexity index is 1480. The highest BCUT2D eigenvalue weighted by Crippen LogP contribution is 2.42. The number of carboxylic acids is 1. The molecule has 0 radical (unpaired) electrons. The normalized spacial score (nSPS) is 16.1. The molecule has 1 heterocycles. The van der Waals surface area contributed by atoms with Crippen LogP contribution in [0.1, 0.15) is 25.8 Å². The van der Waals surface area contributed by atoms with Gasteiger partial charge in [-0.15, -0.1) is 0 Å². The topological polar surface area (TPSA) is 83.9 Å². The van der Waals surface area contributed by atoms with Crippen LogP contribution in [0.5, 0.6) is 5.75 Å². The quantitative estimate of drug-likeness (QED) is 0.371. The Hall–Kier alpha value is -3.67. The maximum absolute atomic E-state index is 13.8. The number of halogens is 5. The Kier molecular flexibility index (Phi) is 6.89. The first-order valence-electron chi connectivity index (χ1n) is 11.3. The molecule has 1 N–H and O–H groups in total. The van der Waals surface area contributed by atoms with Gasteiger partial charge in [0.05, 0.1) is 28.1 Å². The fourth-order valence-electron chi connectivity index (χ4n) is 4.16. The molecular weight excluding hydrogens is 533 g/mol. The predicted octanol–water partition coefficient (Wildman–Crippen LogP) is 6.11. The van der Waals surface area contributed by atoms with Gasteiger partial charge in [-0.1, -0.05) is 12.1 Å². The number of hydrogen-bond donors (Lipinski definition) is 1. The Morgan fingerprint density at radius 1 is 1.00 bits per heavy atom. The third-order valence-corrected chi connectivity index (χ3v) is 7.93. The molecule has 0 saturated heterocycles. The molecule has 1 aliphatic rings. The lowest BCUT2D eigenvalue weighted by Crippen LogP contribution is -2.46. The summed E-state index contributed by atoms with van der Waals surface area (Å²) in [4.78, 5) is 11.0. The highest BCUT2D eigenvalue weighted by atomic mass is 32.2. The van der Waals surface area contributed by atoms with Crippen LogP contribution in [0.25, 0.3) is 11.1 Å². The van der Waals surface area contributed by atoms with Crippen molar-refractivity contribution in [2.75, 3.05) is 10.8 Å². The van der Waals surface area contributed by atoms with Gasteiger partial charge in [-0.2, -0.15) is 13.2 Å². The summed E-state index contributed by atoms with van der Waals surface area (Å²) in [6, 6.07) is 10.1. The summed E-state index contributed by atoms with van der Waals surface area (Å²) in [5.74, 6) is -2.86. The molecule has 0 amide bonds. The summed E-state index contributed by atoms with van der Waals surface area (Å²) < 4.78 is 102. The lowest BCUT2D eigenvalue weighted by molar-refractivity contribution is -0.148. The summed E-state index contributed by atoms with van der Waals surface area (Å²) >= 11 is 0. The third-order valence-electron chi connectivity index (χ3n) is 6.15. The number of benzene rings is 3. The van der Waals surface area contributed by atoms with Crippen molar-refractivity contribution in [3.05, 3.63) is 77.9 Å². The van der Waals surface area contributed by atoms with Gasteiger partial charge in [-0.25, -0.2) is 17.2 Å². The Balaban J connectivity index is 1.85. The van der Waals surface area contributed by atoms with Crippen molar-refractivity contribution in [1.82, 2.24) is 0 Å². The summed E-state index contributed by atoms with van der Waals surface area (Å²) in [6.45, 7) is 2.45. The van der Waals surface area contributed by atoms with Crippen molar-refractivity contribution in [3.8, 4) is 16.9 Å². The average Bonchev–Trinajstić information content (AvgIpc) is 2.82. The largest absolute Gasteiger partial charge is 0.486 e. The molecule has 0 fully saturated rings. The number of aliphatic carboxylic acids is 1. The van der Waals surface area contributed by atoms with Gasteiger partial charge in [-0.05, 0) is 67.4 Å². The zero-order chi connectivity index (χ0) is 28.0. The maximum atomic E-state index is 13.8. The van der Waals surface area contributed by atoms with Crippen LogP contribution in [0.2, 0.25) is 0 Å². The zero-order valence-electron chi connectivity index (χ0n) is 20.1. The molecule has 0 aromatic heterocycles. The number of sulfonamides is 1. The lowest BCUT2D eigenvalue weighted by Gasteiger charge is -2.38. The molecule has 3 aromatic carbocycles. The second kappa shape index (κ2) is 9.57. The first-order valence-corrected chi connectivity index (χ1v) is 12.7. The monoisotopic (exact) mass is 555 g/mol. The highest BCUT2D eigenvalue weighted by Gasteiger charge is 2.40. The number of alkyl halides is 3. The van der Waals surface area contributed by atoms with Gasteiger partial charge in [0.15, 0.2) is 0 Å². The van der Waals surface area contributed by atoms with Crippen LogP contribution >= 0.6 is 0 Å². The zero-order valence-corrected chi connectivity index (χ0v) is 20.9. The number of nitrogens with zero attached hydrogens (tertiary/aromatic N) is 1. The molecule has 12 heteroatoms. The molecule has 0 aliphatic carbocycles. The molecule has 0 spiro atoms. The fraction of sp³-hybridized carbons (Fsp3) is 0.269. The molecule has 6 nitrogen and oxygen atoms in total. The van der Waals surface area contributed by atoms with Crippen LogP contribution in [-0.2, 0) is 21.0 Å². The van der Waals surface area contributed by atoms with Crippen LogP contribution in [0.4, 0.5) is 27.6 Å². The molecule has 0 saturated carbocycles. The predicted molar refractivity (Wildman–Crippen MR) is 128 cm³/mol. The molecule has 0 unspecified atom stereocenters. The number of ether oxygens (including phenoxy) is 1. The minimum absolute atomic E-state index is 0.0126. The highest BCUT2D eigenvalue weighted by molar-refractivity contribution is 7.92. The van der Waals surface area contributed by atoms with Gasteiger partial charge in [0, 0.05) is 12.5 Å². The van der Waals surface area contributed by atoms with Crippen LogP contribution in [0.15, 0.2) is 65.6 Å². The maximum Gasteiger partial charge on any atom is 0.416 e. The van der Waals surface area contributed by atoms with Crippen molar-refractivity contribution in [2.24, 2.45) is 5.41 Å². The lowest BCUT2D eigenvalue weighted by atomic mass is 9.86. The summed E-state index contributed by atoms with van der Waals surface area (Å²) in [5, 5.41) is 9.53. The number of anilines is 1. The Morgan fingerprint density at radius 2 is 1.66 bits per heavy atom. The van der Waals surface area contributed by atoms with Crippen LogP contribution in [0, 0.1) is 17.0 Å². The van der Waals surface area contributed by atoms with E-state index in [1.807, 2.05) is 0 Å². The van der Waals surface area contributed by atoms with Gasteiger partial charge in [-0.3, -0.25) is 9.10 Å². The van der Waals surface area contributed by atoms with Gasteiger partial charge in [0.25, 0.3) is 10.0 Å². The summed E-state index contributed by atoms with van der Waals surface area (Å²) in [6.07, 6.45) is -5.88. The number of carbonyl (C=O) groups is 1.